The van der Waals surface area contributed by atoms with Gasteiger partial charge in [0.25, 0.3) is 0 Å². The van der Waals surface area contributed by atoms with Gasteiger partial charge in [0.05, 0.1) is 0 Å². The van der Waals surface area contributed by atoms with Crippen LogP contribution in [0.3, 0.4) is 0 Å². The molecular weight excluding hydrogens is 180 g/mol. The van der Waals surface area contributed by atoms with Crippen LogP contribution < -0.4 is 0 Å². The Hall–Kier alpha value is -1.56. The number of rotatable bonds is 4. The molecule has 0 amide bonds. The van der Waals surface area contributed by atoms with Crippen LogP contribution >= 0.6 is 0 Å². The van der Waals surface area contributed by atoms with Crippen molar-refractivity contribution in [3.05, 3.63) is 72.4 Å². The van der Waals surface area contributed by atoms with Gasteiger partial charge in [-0.05, 0) is 18.1 Å². The molecule has 1 aromatic carbocycles. The van der Waals surface area contributed by atoms with Crippen LogP contribution in [0.5, 0.6) is 0 Å². The lowest BCUT2D eigenvalue weighted by molar-refractivity contribution is 0.921. The van der Waals surface area contributed by atoms with Crippen molar-refractivity contribution in [2.24, 2.45) is 0 Å². The lowest BCUT2D eigenvalue weighted by Gasteiger charge is -2.13. The quantitative estimate of drug-likeness (QED) is 0.629. The molecule has 0 fully saturated rings. The summed E-state index contributed by atoms with van der Waals surface area (Å²) in [6, 6.07) is 8.61. The Labute approximate surface area is 92.6 Å². The van der Waals surface area contributed by atoms with E-state index in [2.05, 4.69) is 51.3 Å². The Bertz CT molecular complexity index is 366. The molecule has 1 aromatic rings. The highest BCUT2D eigenvalue weighted by atomic mass is 14.1. The average Bonchev–Trinajstić information content (AvgIpc) is 2.26. The minimum Gasteiger partial charge on any atom is -0.0991 e. The standard InChI is InChI=1S/C15H18/c1-5-7-14(6-2)13(4)15-10-8-12(3)9-11-15/h5-11,13H,1-2H2,3-4H3/b14-7+. The van der Waals surface area contributed by atoms with Crippen LogP contribution in [0.4, 0.5) is 0 Å². The fraction of sp³-hybridized carbons (Fsp3) is 0.200. The monoisotopic (exact) mass is 198 g/mol. The molecule has 0 heterocycles. The van der Waals surface area contributed by atoms with Crippen molar-refractivity contribution in [3.8, 4) is 0 Å². The second-order valence-corrected chi connectivity index (χ2v) is 3.74. The lowest BCUT2D eigenvalue weighted by atomic mass is 9.92. The molecule has 0 aromatic heterocycles. The molecule has 0 N–H and O–H groups in total. The largest absolute Gasteiger partial charge is 0.0991 e. The Kier molecular flexibility index (Phi) is 4.11. The van der Waals surface area contributed by atoms with E-state index in [1.807, 2.05) is 18.2 Å². The topological polar surface area (TPSA) is 0 Å². The maximum atomic E-state index is 3.83. The van der Waals surface area contributed by atoms with E-state index in [1.165, 1.54) is 16.7 Å². The molecule has 0 aliphatic rings. The van der Waals surface area contributed by atoms with Gasteiger partial charge in [0.15, 0.2) is 0 Å². The summed E-state index contributed by atoms with van der Waals surface area (Å²) >= 11 is 0. The molecule has 0 nitrogen and oxygen atoms in total. The van der Waals surface area contributed by atoms with E-state index in [0.29, 0.717) is 5.92 Å². The summed E-state index contributed by atoms with van der Waals surface area (Å²) in [5, 5.41) is 0. The molecule has 0 saturated carbocycles. The molecule has 0 aliphatic heterocycles. The third kappa shape index (κ3) is 2.95. The molecule has 78 valence electrons. The van der Waals surface area contributed by atoms with Gasteiger partial charge in [-0.15, -0.1) is 0 Å². The van der Waals surface area contributed by atoms with E-state index < -0.39 is 0 Å². The summed E-state index contributed by atoms with van der Waals surface area (Å²) in [6.45, 7) is 11.8. The van der Waals surface area contributed by atoms with Crippen LogP contribution in [0.1, 0.15) is 24.0 Å². The van der Waals surface area contributed by atoms with Gasteiger partial charge >= 0.3 is 0 Å². The van der Waals surface area contributed by atoms with E-state index in [-0.39, 0.29) is 0 Å². The van der Waals surface area contributed by atoms with E-state index in [0.717, 1.165) is 0 Å². The molecular formula is C15H18. The molecule has 1 atom stereocenters. The van der Waals surface area contributed by atoms with Gasteiger partial charge in [-0.1, -0.05) is 68.1 Å². The highest BCUT2D eigenvalue weighted by molar-refractivity contribution is 5.36. The second-order valence-electron chi connectivity index (χ2n) is 3.74. The van der Waals surface area contributed by atoms with E-state index in [9.17, 15) is 0 Å². The van der Waals surface area contributed by atoms with E-state index >= 15 is 0 Å². The maximum Gasteiger partial charge on any atom is 0.00607 e. The molecule has 0 aliphatic carbocycles. The first-order valence-electron chi connectivity index (χ1n) is 5.20. The zero-order valence-electron chi connectivity index (χ0n) is 9.53. The molecule has 0 spiro atoms. The molecule has 1 rings (SSSR count). The molecule has 0 saturated heterocycles. The van der Waals surface area contributed by atoms with Crippen molar-refractivity contribution < 1.29 is 0 Å². The Morgan fingerprint density at radius 1 is 1.20 bits per heavy atom. The molecule has 0 bridgehead atoms. The van der Waals surface area contributed by atoms with Crippen LogP contribution in [-0.2, 0) is 0 Å². The van der Waals surface area contributed by atoms with Crippen LogP contribution in [0.15, 0.2) is 61.2 Å². The first kappa shape index (κ1) is 11.5. The predicted octanol–water partition coefficient (Wildman–Crippen LogP) is 4.40. The van der Waals surface area contributed by atoms with Crippen LogP contribution in [0.25, 0.3) is 0 Å². The normalized spacial score (nSPS) is 13.3. The first-order valence-corrected chi connectivity index (χ1v) is 5.20. The Balaban J connectivity index is 2.97. The van der Waals surface area contributed by atoms with Crippen LogP contribution in [0, 0.1) is 6.92 Å². The van der Waals surface area contributed by atoms with Gasteiger partial charge < -0.3 is 0 Å². The highest BCUT2D eigenvalue weighted by Gasteiger charge is 2.07. The number of allylic oxidation sites excluding steroid dienone is 4. The van der Waals surface area contributed by atoms with E-state index in [4.69, 9.17) is 0 Å². The number of hydrogen-bond acceptors (Lipinski definition) is 0. The van der Waals surface area contributed by atoms with Crippen LogP contribution in [-0.4, -0.2) is 0 Å². The number of hydrogen-bond donors (Lipinski definition) is 0. The predicted molar refractivity (Wildman–Crippen MR) is 68.1 cm³/mol. The fourth-order valence-corrected chi connectivity index (χ4v) is 1.57. The maximum absolute atomic E-state index is 3.83. The SMILES string of the molecule is C=C/C=C(\C=C)C(C)c1ccc(C)cc1. The summed E-state index contributed by atoms with van der Waals surface area (Å²) in [5.41, 5.74) is 3.81. The zero-order valence-corrected chi connectivity index (χ0v) is 9.53. The van der Waals surface area contributed by atoms with Crippen molar-refractivity contribution in [1.29, 1.82) is 0 Å². The Morgan fingerprint density at radius 2 is 1.80 bits per heavy atom. The van der Waals surface area contributed by atoms with Crippen molar-refractivity contribution in [3.63, 3.8) is 0 Å². The van der Waals surface area contributed by atoms with Gasteiger partial charge in [0.2, 0.25) is 0 Å². The van der Waals surface area contributed by atoms with Crippen molar-refractivity contribution in [2.75, 3.05) is 0 Å². The minimum absolute atomic E-state index is 0.376. The summed E-state index contributed by atoms with van der Waals surface area (Å²) in [4.78, 5) is 0. The molecule has 15 heavy (non-hydrogen) atoms. The Morgan fingerprint density at radius 3 is 2.27 bits per heavy atom. The summed E-state index contributed by atoms with van der Waals surface area (Å²) < 4.78 is 0. The number of aryl methyl sites for hydroxylation is 1. The highest BCUT2D eigenvalue weighted by Crippen LogP contribution is 2.24. The van der Waals surface area contributed by atoms with Crippen molar-refractivity contribution in [2.45, 2.75) is 19.8 Å². The third-order valence-corrected chi connectivity index (χ3v) is 2.62. The summed E-state index contributed by atoms with van der Waals surface area (Å²) in [5.74, 6) is 0.376. The van der Waals surface area contributed by atoms with Crippen molar-refractivity contribution >= 4 is 0 Å². The zero-order chi connectivity index (χ0) is 11.3. The second kappa shape index (κ2) is 5.35. The van der Waals surface area contributed by atoms with Gasteiger partial charge in [-0.2, -0.15) is 0 Å². The average molecular weight is 198 g/mol. The third-order valence-electron chi connectivity index (χ3n) is 2.62. The van der Waals surface area contributed by atoms with Crippen molar-refractivity contribution in [1.82, 2.24) is 0 Å². The van der Waals surface area contributed by atoms with Gasteiger partial charge in [0.1, 0.15) is 0 Å². The van der Waals surface area contributed by atoms with Gasteiger partial charge in [0, 0.05) is 5.92 Å². The summed E-state index contributed by atoms with van der Waals surface area (Å²) in [6.07, 6.45) is 5.71. The smallest absolute Gasteiger partial charge is 0.00607 e. The van der Waals surface area contributed by atoms with E-state index in [1.54, 1.807) is 0 Å². The number of benzene rings is 1. The van der Waals surface area contributed by atoms with Crippen LogP contribution in [0.2, 0.25) is 0 Å². The molecule has 0 heteroatoms. The molecule has 1 unspecified atom stereocenters. The minimum atomic E-state index is 0.376. The lowest BCUT2D eigenvalue weighted by Crippen LogP contribution is -1.95. The van der Waals surface area contributed by atoms with Gasteiger partial charge in [-0.3, -0.25) is 0 Å². The first-order chi connectivity index (χ1) is 7.19. The fourth-order valence-electron chi connectivity index (χ4n) is 1.57. The van der Waals surface area contributed by atoms with Gasteiger partial charge in [-0.25, -0.2) is 0 Å². The molecule has 0 radical (unpaired) electrons. The summed E-state index contributed by atoms with van der Waals surface area (Å²) in [7, 11) is 0.